The van der Waals surface area contributed by atoms with E-state index in [2.05, 4.69) is 35.9 Å². The lowest BCUT2D eigenvalue weighted by Gasteiger charge is -2.22. The van der Waals surface area contributed by atoms with E-state index in [0.29, 0.717) is 0 Å². The SMILES string of the molecule is CCN(CC)C(=NC)c1ccccc1. The summed E-state index contributed by atoms with van der Waals surface area (Å²) in [6.07, 6.45) is 0. The molecule has 0 aliphatic rings. The van der Waals surface area contributed by atoms with Crippen LogP contribution in [0.25, 0.3) is 0 Å². The van der Waals surface area contributed by atoms with E-state index in [-0.39, 0.29) is 0 Å². The largest absolute Gasteiger partial charge is 0.357 e. The lowest BCUT2D eigenvalue weighted by Crippen LogP contribution is -2.31. The van der Waals surface area contributed by atoms with Crippen molar-refractivity contribution in [1.82, 2.24) is 4.90 Å². The molecule has 0 saturated carbocycles. The van der Waals surface area contributed by atoms with Gasteiger partial charge in [0, 0.05) is 25.7 Å². The summed E-state index contributed by atoms with van der Waals surface area (Å²) < 4.78 is 0. The highest BCUT2D eigenvalue weighted by Gasteiger charge is 2.07. The summed E-state index contributed by atoms with van der Waals surface area (Å²) in [4.78, 5) is 6.60. The van der Waals surface area contributed by atoms with Gasteiger partial charge in [0.1, 0.15) is 5.84 Å². The van der Waals surface area contributed by atoms with E-state index in [9.17, 15) is 0 Å². The minimum atomic E-state index is 0.998. The number of rotatable bonds is 3. The number of hydrogen-bond acceptors (Lipinski definition) is 1. The molecule has 0 aliphatic heterocycles. The van der Waals surface area contributed by atoms with Crippen molar-refractivity contribution in [2.45, 2.75) is 13.8 Å². The average molecular weight is 190 g/mol. The van der Waals surface area contributed by atoms with Crippen molar-refractivity contribution >= 4 is 5.84 Å². The van der Waals surface area contributed by atoms with Crippen molar-refractivity contribution in [1.29, 1.82) is 0 Å². The molecule has 0 unspecified atom stereocenters. The predicted molar refractivity (Wildman–Crippen MR) is 61.8 cm³/mol. The van der Waals surface area contributed by atoms with Crippen LogP contribution in [0, 0.1) is 0 Å². The zero-order valence-electron chi connectivity index (χ0n) is 9.20. The van der Waals surface area contributed by atoms with Crippen LogP contribution in [-0.4, -0.2) is 30.9 Å². The molecule has 1 rings (SSSR count). The second-order valence-electron chi connectivity index (χ2n) is 3.09. The van der Waals surface area contributed by atoms with Gasteiger partial charge < -0.3 is 4.90 Å². The Balaban J connectivity index is 2.94. The van der Waals surface area contributed by atoms with Crippen LogP contribution in [0.15, 0.2) is 35.3 Å². The predicted octanol–water partition coefficient (Wildman–Crippen LogP) is 2.40. The molecule has 0 aliphatic carbocycles. The Morgan fingerprint density at radius 1 is 1.14 bits per heavy atom. The molecule has 0 bridgehead atoms. The van der Waals surface area contributed by atoms with Crippen molar-refractivity contribution in [2.75, 3.05) is 20.1 Å². The van der Waals surface area contributed by atoms with Crippen LogP contribution in [0.2, 0.25) is 0 Å². The Morgan fingerprint density at radius 3 is 2.14 bits per heavy atom. The summed E-state index contributed by atoms with van der Waals surface area (Å²) in [6, 6.07) is 10.3. The van der Waals surface area contributed by atoms with Crippen LogP contribution in [0.4, 0.5) is 0 Å². The summed E-state index contributed by atoms with van der Waals surface area (Å²) in [6.45, 7) is 6.30. The molecule has 0 spiro atoms. The maximum atomic E-state index is 4.34. The highest BCUT2D eigenvalue weighted by atomic mass is 15.2. The standard InChI is InChI=1S/C12H18N2/c1-4-14(5-2)12(13-3)11-9-7-6-8-10-11/h6-10H,4-5H2,1-3H3. The Morgan fingerprint density at radius 2 is 1.71 bits per heavy atom. The van der Waals surface area contributed by atoms with Crippen LogP contribution in [0.3, 0.4) is 0 Å². The van der Waals surface area contributed by atoms with Crippen molar-refractivity contribution in [2.24, 2.45) is 4.99 Å². The van der Waals surface area contributed by atoms with Gasteiger partial charge in [-0.25, -0.2) is 0 Å². The second-order valence-corrected chi connectivity index (χ2v) is 3.09. The first kappa shape index (κ1) is 10.8. The molecule has 0 amide bonds. The van der Waals surface area contributed by atoms with Crippen LogP contribution in [0.1, 0.15) is 19.4 Å². The third-order valence-electron chi connectivity index (χ3n) is 2.31. The molecule has 1 aromatic carbocycles. The maximum Gasteiger partial charge on any atom is 0.130 e. The fraction of sp³-hybridized carbons (Fsp3) is 0.417. The molecule has 0 atom stereocenters. The Bertz CT molecular complexity index is 286. The quantitative estimate of drug-likeness (QED) is 0.528. The first-order valence-corrected chi connectivity index (χ1v) is 5.10. The fourth-order valence-electron chi connectivity index (χ4n) is 1.56. The minimum Gasteiger partial charge on any atom is -0.357 e. The molecular formula is C12H18N2. The van der Waals surface area contributed by atoms with E-state index in [1.807, 2.05) is 25.2 Å². The molecule has 0 fully saturated rings. The number of amidine groups is 1. The van der Waals surface area contributed by atoms with E-state index < -0.39 is 0 Å². The van der Waals surface area contributed by atoms with Gasteiger partial charge in [0.05, 0.1) is 0 Å². The highest BCUT2D eigenvalue weighted by molar-refractivity contribution is 5.98. The summed E-state index contributed by atoms with van der Waals surface area (Å²) in [5, 5.41) is 0. The molecule has 0 aromatic heterocycles. The van der Waals surface area contributed by atoms with Gasteiger partial charge in [-0.1, -0.05) is 30.3 Å². The average Bonchev–Trinajstić information content (AvgIpc) is 2.27. The van der Waals surface area contributed by atoms with Crippen molar-refractivity contribution in [3.8, 4) is 0 Å². The van der Waals surface area contributed by atoms with Crippen molar-refractivity contribution in [3.63, 3.8) is 0 Å². The van der Waals surface area contributed by atoms with E-state index in [1.165, 1.54) is 5.56 Å². The van der Waals surface area contributed by atoms with Crippen molar-refractivity contribution < 1.29 is 0 Å². The fourth-order valence-corrected chi connectivity index (χ4v) is 1.56. The maximum absolute atomic E-state index is 4.34. The number of aliphatic imine (C=N–C) groups is 1. The minimum absolute atomic E-state index is 0.998. The number of nitrogens with zero attached hydrogens (tertiary/aromatic N) is 2. The first-order valence-electron chi connectivity index (χ1n) is 5.10. The molecule has 76 valence electrons. The third kappa shape index (κ3) is 2.34. The molecule has 14 heavy (non-hydrogen) atoms. The normalized spacial score (nSPS) is 11.5. The lowest BCUT2D eigenvalue weighted by atomic mass is 10.2. The molecule has 2 nitrogen and oxygen atoms in total. The summed E-state index contributed by atoms with van der Waals surface area (Å²) >= 11 is 0. The molecule has 1 aromatic rings. The second kappa shape index (κ2) is 5.43. The van der Waals surface area contributed by atoms with Gasteiger partial charge >= 0.3 is 0 Å². The summed E-state index contributed by atoms with van der Waals surface area (Å²) in [7, 11) is 1.85. The van der Waals surface area contributed by atoms with Crippen LogP contribution < -0.4 is 0 Å². The Hall–Kier alpha value is -1.31. The molecule has 0 heterocycles. The topological polar surface area (TPSA) is 15.6 Å². The third-order valence-corrected chi connectivity index (χ3v) is 2.31. The lowest BCUT2D eigenvalue weighted by molar-refractivity contribution is 0.466. The Labute approximate surface area is 86.3 Å². The van der Waals surface area contributed by atoms with Crippen LogP contribution >= 0.6 is 0 Å². The van der Waals surface area contributed by atoms with Gasteiger partial charge in [0.2, 0.25) is 0 Å². The monoisotopic (exact) mass is 190 g/mol. The van der Waals surface area contributed by atoms with Gasteiger partial charge in [0.15, 0.2) is 0 Å². The summed E-state index contributed by atoms with van der Waals surface area (Å²) in [5.41, 5.74) is 1.19. The zero-order valence-corrected chi connectivity index (χ0v) is 9.20. The van der Waals surface area contributed by atoms with Gasteiger partial charge in [-0.3, -0.25) is 4.99 Å². The smallest absolute Gasteiger partial charge is 0.130 e. The van der Waals surface area contributed by atoms with E-state index >= 15 is 0 Å². The molecule has 0 saturated heterocycles. The molecule has 2 heteroatoms. The van der Waals surface area contributed by atoms with Gasteiger partial charge in [-0.2, -0.15) is 0 Å². The van der Waals surface area contributed by atoms with Gasteiger partial charge in [-0.15, -0.1) is 0 Å². The molecule has 0 radical (unpaired) electrons. The van der Waals surface area contributed by atoms with Gasteiger partial charge in [-0.05, 0) is 13.8 Å². The number of hydrogen-bond donors (Lipinski definition) is 0. The molecular weight excluding hydrogens is 172 g/mol. The Kier molecular flexibility index (Phi) is 4.17. The van der Waals surface area contributed by atoms with Gasteiger partial charge in [0.25, 0.3) is 0 Å². The summed E-state index contributed by atoms with van der Waals surface area (Å²) in [5.74, 6) is 1.08. The van der Waals surface area contributed by atoms with Crippen LogP contribution in [-0.2, 0) is 0 Å². The first-order chi connectivity index (χ1) is 6.83. The van der Waals surface area contributed by atoms with Crippen molar-refractivity contribution in [3.05, 3.63) is 35.9 Å². The highest BCUT2D eigenvalue weighted by Crippen LogP contribution is 2.05. The number of benzene rings is 1. The van der Waals surface area contributed by atoms with E-state index in [1.54, 1.807) is 0 Å². The van der Waals surface area contributed by atoms with E-state index in [4.69, 9.17) is 0 Å². The van der Waals surface area contributed by atoms with Crippen LogP contribution in [0.5, 0.6) is 0 Å². The van der Waals surface area contributed by atoms with E-state index in [0.717, 1.165) is 18.9 Å². The molecule has 0 N–H and O–H groups in total. The zero-order chi connectivity index (χ0) is 10.4.